The number of ether oxygens (including phenoxy) is 1. The molecule has 0 aliphatic rings. The van der Waals surface area contributed by atoms with Crippen molar-refractivity contribution in [2.24, 2.45) is 0 Å². The van der Waals surface area contributed by atoms with Gasteiger partial charge in [0.15, 0.2) is 6.10 Å². The maximum absolute atomic E-state index is 12.4. The molecule has 0 aliphatic heterocycles. The molecule has 1 atom stereocenters. The van der Waals surface area contributed by atoms with Crippen LogP contribution in [0.4, 0.5) is 5.69 Å². The summed E-state index contributed by atoms with van der Waals surface area (Å²) < 4.78 is 6.65. The minimum absolute atomic E-state index is 0.0613. The summed E-state index contributed by atoms with van der Waals surface area (Å²) in [5.41, 5.74) is 3.20. The zero-order chi connectivity index (χ0) is 18.6. The van der Waals surface area contributed by atoms with Gasteiger partial charge in [-0.25, -0.2) is 0 Å². The molecule has 0 saturated carbocycles. The molecule has 2 rings (SSSR count). The third-order valence-electron chi connectivity index (χ3n) is 4.08. The van der Waals surface area contributed by atoms with Crippen molar-refractivity contribution in [1.29, 1.82) is 0 Å². The summed E-state index contributed by atoms with van der Waals surface area (Å²) >= 11 is 3.55. The van der Waals surface area contributed by atoms with E-state index in [0.717, 1.165) is 16.6 Å². The second-order valence-corrected chi connectivity index (χ2v) is 8.05. The van der Waals surface area contributed by atoms with Crippen molar-refractivity contribution in [3.63, 3.8) is 0 Å². The molecule has 0 fully saturated rings. The van der Waals surface area contributed by atoms with Crippen LogP contribution in [0.5, 0.6) is 5.75 Å². The number of carbonyl (C=O) groups is 1. The molecule has 25 heavy (non-hydrogen) atoms. The molecule has 4 heteroatoms. The fourth-order valence-corrected chi connectivity index (χ4v) is 2.89. The number of benzene rings is 2. The van der Waals surface area contributed by atoms with Crippen LogP contribution >= 0.6 is 15.9 Å². The van der Waals surface area contributed by atoms with E-state index in [2.05, 4.69) is 48.9 Å². The van der Waals surface area contributed by atoms with Gasteiger partial charge in [-0.1, -0.05) is 45.9 Å². The van der Waals surface area contributed by atoms with Gasteiger partial charge in [0, 0.05) is 4.47 Å². The van der Waals surface area contributed by atoms with Gasteiger partial charge >= 0.3 is 0 Å². The van der Waals surface area contributed by atoms with Crippen molar-refractivity contribution < 1.29 is 9.53 Å². The summed E-state index contributed by atoms with van der Waals surface area (Å²) in [6.07, 6.45) is 0.353. The van der Waals surface area contributed by atoms with E-state index in [9.17, 15) is 4.79 Å². The monoisotopic (exact) mass is 403 g/mol. The number of hydrogen-bond acceptors (Lipinski definition) is 2. The lowest BCUT2D eigenvalue weighted by Gasteiger charge is -2.21. The van der Waals surface area contributed by atoms with Crippen molar-refractivity contribution in [3.8, 4) is 5.75 Å². The number of carbonyl (C=O) groups excluding carboxylic acids is 1. The van der Waals surface area contributed by atoms with Crippen LogP contribution in [-0.4, -0.2) is 12.0 Å². The van der Waals surface area contributed by atoms with E-state index >= 15 is 0 Å². The highest BCUT2D eigenvalue weighted by atomic mass is 79.9. The summed E-state index contributed by atoms with van der Waals surface area (Å²) in [7, 11) is 0. The van der Waals surface area contributed by atoms with Gasteiger partial charge in [-0.15, -0.1) is 0 Å². The van der Waals surface area contributed by atoms with E-state index in [-0.39, 0.29) is 11.3 Å². The smallest absolute Gasteiger partial charge is 0.265 e. The lowest BCUT2D eigenvalue weighted by Crippen LogP contribution is -2.30. The average molecular weight is 404 g/mol. The molecular formula is C21H26BrNO2. The Labute approximate surface area is 158 Å². The second kappa shape index (κ2) is 8.05. The first-order valence-electron chi connectivity index (χ1n) is 8.57. The Morgan fingerprint density at radius 2 is 1.92 bits per heavy atom. The van der Waals surface area contributed by atoms with Crippen LogP contribution in [0.15, 0.2) is 46.9 Å². The molecule has 0 aromatic heterocycles. The summed E-state index contributed by atoms with van der Waals surface area (Å²) in [5.74, 6) is 0.537. The Hall–Kier alpha value is -1.81. The molecule has 2 aromatic carbocycles. The van der Waals surface area contributed by atoms with Crippen LogP contribution in [0, 0.1) is 0 Å². The molecule has 0 spiro atoms. The van der Waals surface area contributed by atoms with Gasteiger partial charge in [0.1, 0.15) is 5.75 Å². The second-order valence-electron chi connectivity index (χ2n) is 7.19. The Morgan fingerprint density at radius 3 is 2.52 bits per heavy atom. The van der Waals surface area contributed by atoms with Gasteiger partial charge in [0.2, 0.25) is 0 Å². The highest BCUT2D eigenvalue weighted by molar-refractivity contribution is 9.10. The van der Waals surface area contributed by atoms with E-state index in [0.29, 0.717) is 5.75 Å². The Morgan fingerprint density at radius 1 is 1.20 bits per heavy atom. The van der Waals surface area contributed by atoms with Gasteiger partial charge in [-0.05, 0) is 70.1 Å². The molecule has 0 heterocycles. The minimum Gasteiger partial charge on any atom is -0.481 e. The first kappa shape index (κ1) is 19.5. The molecule has 0 saturated heterocycles. The van der Waals surface area contributed by atoms with Gasteiger partial charge < -0.3 is 10.1 Å². The van der Waals surface area contributed by atoms with E-state index in [1.807, 2.05) is 42.5 Å². The van der Waals surface area contributed by atoms with Crippen molar-refractivity contribution in [2.75, 3.05) is 5.32 Å². The largest absolute Gasteiger partial charge is 0.481 e. The summed E-state index contributed by atoms with van der Waals surface area (Å²) in [6.45, 7) is 10.3. The molecular weight excluding hydrogens is 378 g/mol. The number of rotatable bonds is 5. The molecule has 2 aromatic rings. The lowest BCUT2D eigenvalue weighted by atomic mass is 9.87. The highest BCUT2D eigenvalue weighted by Gasteiger charge is 2.18. The Kier molecular flexibility index (Phi) is 6.28. The number of halogens is 1. The van der Waals surface area contributed by atoms with E-state index < -0.39 is 6.10 Å². The van der Waals surface area contributed by atoms with Crippen molar-refractivity contribution in [2.45, 2.75) is 52.6 Å². The zero-order valence-electron chi connectivity index (χ0n) is 15.5. The molecule has 0 bridgehead atoms. The molecule has 0 radical (unpaired) electrons. The maximum atomic E-state index is 12.4. The van der Waals surface area contributed by atoms with Crippen molar-refractivity contribution >= 4 is 27.5 Å². The lowest BCUT2D eigenvalue weighted by molar-refractivity contribution is -0.122. The fraction of sp³-hybridized carbons (Fsp3) is 0.381. The standard InChI is InChI=1S/C21H26BrNO2/c1-6-15-8-7-9-17(12-15)25-14(2)20(24)23-19-11-10-16(13-18(19)22)21(3,4)5/h7-14H,6H2,1-5H3,(H,23,24). The van der Waals surface area contributed by atoms with E-state index in [1.54, 1.807) is 6.92 Å². The Bertz CT molecular complexity index is 750. The fourth-order valence-electron chi connectivity index (χ4n) is 2.41. The third-order valence-corrected chi connectivity index (χ3v) is 4.74. The number of hydrogen-bond donors (Lipinski definition) is 1. The van der Waals surface area contributed by atoms with Crippen LogP contribution in [-0.2, 0) is 16.6 Å². The third kappa shape index (κ3) is 5.33. The highest BCUT2D eigenvalue weighted by Crippen LogP contribution is 2.30. The quantitative estimate of drug-likeness (QED) is 0.693. The maximum Gasteiger partial charge on any atom is 0.265 e. The number of aryl methyl sites for hydroxylation is 1. The van der Waals surface area contributed by atoms with Gasteiger partial charge in [-0.2, -0.15) is 0 Å². The van der Waals surface area contributed by atoms with Crippen molar-refractivity contribution in [1.82, 2.24) is 0 Å². The number of nitrogens with one attached hydrogen (secondary N) is 1. The molecule has 1 N–H and O–H groups in total. The summed E-state index contributed by atoms with van der Waals surface area (Å²) in [5, 5.41) is 2.93. The molecule has 3 nitrogen and oxygen atoms in total. The van der Waals surface area contributed by atoms with Crippen molar-refractivity contribution in [3.05, 3.63) is 58.1 Å². The van der Waals surface area contributed by atoms with Gasteiger partial charge in [0.25, 0.3) is 5.91 Å². The normalized spacial score (nSPS) is 12.6. The predicted octanol–water partition coefficient (Wildman–Crippen LogP) is 5.72. The van der Waals surface area contributed by atoms with Crippen LogP contribution < -0.4 is 10.1 Å². The first-order chi connectivity index (χ1) is 11.7. The van der Waals surface area contributed by atoms with Crippen LogP contribution in [0.2, 0.25) is 0 Å². The minimum atomic E-state index is -0.582. The SMILES string of the molecule is CCc1cccc(OC(C)C(=O)Nc2ccc(C(C)(C)C)cc2Br)c1. The number of amides is 1. The summed E-state index contributed by atoms with van der Waals surface area (Å²) in [6, 6.07) is 13.8. The zero-order valence-corrected chi connectivity index (χ0v) is 17.1. The molecule has 134 valence electrons. The van der Waals surface area contributed by atoms with Crippen LogP contribution in [0.25, 0.3) is 0 Å². The molecule has 0 aliphatic carbocycles. The predicted molar refractivity (Wildman–Crippen MR) is 107 cm³/mol. The van der Waals surface area contributed by atoms with Gasteiger partial charge in [0.05, 0.1) is 5.69 Å². The van der Waals surface area contributed by atoms with E-state index in [1.165, 1.54) is 11.1 Å². The summed E-state index contributed by atoms with van der Waals surface area (Å²) in [4.78, 5) is 12.4. The van der Waals surface area contributed by atoms with Crippen LogP contribution in [0.3, 0.4) is 0 Å². The van der Waals surface area contributed by atoms with Crippen LogP contribution in [0.1, 0.15) is 45.7 Å². The Balaban J connectivity index is 2.05. The van der Waals surface area contributed by atoms with E-state index in [4.69, 9.17) is 4.74 Å². The first-order valence-corrected chi connectivity index (χ1v) is 9.36. The average Bonchev–Trinajstić information content (AvgIpc) is 2.55. The molecule has 1 unspecified atom stereocenters. The van der Waals surface area contributed by atoms with Gasteiger partial charge in [-0.3, -0.25) is 4.79 Å². The topological polar surface area (TPSA) is 38.3 Å². The molecule has 1 amide bonds. The number of anilines is 1.